The molecule has 102 valence electrons. The maximum absolute atomic E-state index is 5.26. The van der Waals surface area contributed by atoms with Crippen molar-refractivity contribution in [3.05, 3.63) is 29.9 Å². The number of nitrogens with zero attached hydrogens (tertiary/aromatic N) is 3. The Morgan fingerprint density at radius 3 is 2.89 bits per heavy atom. The highest BCUT2D eigenvalue weighted by Crippen LogP contribution is 2.13. The van der Waals surface area contributed by atoms with Gasteiger partial charge < -0.3 is 14.6 Å². The van der Waals surface area contributed by atoms with Crippen molar-refractivity contribution < 1.29 is 9.26 Å². The van der Waals surface area contributed by atoms with Crippen LogP contribution in [0.25, 0.3) is 0 Å². The van der Waals surface area contributed by atoms with E-state index in [-0.39, 0.29) is 0 Å². The summed E-state index contributed by atoms with van der Waals surface area (Å²) in [5.74, 6) is 2.69. The Balaban J connectivity index is 1.92. The highest BCUT2D eigenvalue weighted by atomic mass is 16.5. The Morgan fingerprint density at radius 2 is 2.16 bits per heavy atom. The molecule has 0 aliphatic heterocycles. The molecule has 0 spiro atoms. The highest BCUT2D eigenvalue weighted by Gasteiger charge is 2.06. The number of ether oxygens (including phenoxy) is 1. The maximum Gasteiger partial charge on any atom is 0.218 e. The minimum absolute atomic E-state index is 0.526. The number of rotatable bonds is 6. The third-order valence-corrected chi connectivity index (χ3v) is 2.52. The molecule has 6 heteroatoms. The largest absolute Gasteiger partial charge is 0.481 e. The minimum Gasteiger partial charge on any atom is -0.481 e. The molecular formula is C13H18N4O2. The number of anilines is 1. The molecule has 2 heterocycles. The average molecular weight is 262 g/mol. The third kappa shape index (κ3) is 3.94. The lowest BCUT2D eigenvalue weighted by Crippen LogP contribution is -2.02. The summed E-state index contributed by atoms with van der Waals surface area (Å²) in [7, 11) is 1.57. The second-order valence-electron chi connectivity index (χ2n) is 4.68. The molecule has 0 aromatic carbocycles. The van der Waals surface area contributed by atoms with Crippen LogP contribution in [-0.4, -0.2) is 22.2 Å². The molecule has 6 nitrogen and oxygen atoms in total. The second kappa shape index (κ2) is 6.17. The smallest absolute Gasteiger partial charge is 0.218 e. The average Bonchev–Trinajstić information content (AvgIpc) is 2.83. The first-order valence-corrected chi connectivity index (χ1v) is 6.21. The number of nitrogens with one attached hydrogen (secondary N) is 1. The molecule has 0 aliphatic rings. The van der Waals surface area contributed by atoms with Gasteiger partial charge in [-0.2, -0.15) is 0 Å². The van der Waals surface area contributed by atoms with Gasteiger partial charge in [-0.25, -0.2) is 9.97 Å². The van der Waals surface area contributed by atoms with Gasteiger partial charge in [0.1, 0.15) is 23.6 Å². The van der Waals surface area contributed by atoms with E-state index in [9.17, 15) is 0 Å². The molecule has 1 N–H and O–H groups in total. The Kier molecular flexibility index (Phi) is 4.33. The van der Waals surface area contributed by atoms with Gasteiger partial charge in [0.15, 0.2) is 0 Å². The number of methoxy groups -OCH3 is 1. The zero-order chi connectivity index (χ0) is 13.7. The van der Waals surface area contributed by atoms with Crippen molar-refractivity contribution in [2.24, 2.45) is 5.92 Å². The van der Waals surface area contributed by atoms with Gasteiger partial charge in [-0.15, -0.1) is 0 Å². The molecular weight excluding hydrogens is 244 g/mol. The van der Waals surface area contributed by atoms with Crippen LogP contribution in [0.1, 0.15) is 25.3 Å². The van der Waals surface area contributed by atoms with Gasteiger partial charge in [-0.1, -0.05) is 19.0 Å². The molecule has 0 unspecified atom stereocenters. The van der Waals surface area contributed by atoms with E-state index < -0.39 is 0 Å². The summed E-state index contributed by atoms with van der Waals surface area (Å²) in [6, 6.07) is 3.69. The molecule has 0 bridgehead atoms. The van der Waals surface area contributed by atoms with Crippen LogP contribution >= 0.6 is 0 Å². The van der Waals surface area contributed by atoms with Crippen molar-refractivity contribution in [1.29, 1.82) is 0 Å². The lowest BCUT2D eigenvalue weighted by Gasteiger charge is -2.03. The van der Waals surface area contributed by atoms with E-state index in [0.29, 0.717) is 24.2 Å². The molecule has 0 radical (unpaired) electrons. The van der Waals surface area contributed by atoms with Crippen molar-refractivity contribution in [2.45, 2.75) is 26.8 Å². The Morgan fingerprint density at radius 1 is 1.32 bits per heavy atom. The predicted octanol–water partition coefficient (Wildman–Crippen LogP) is 2.28. The van der Waals surface area contributed by atoms with Gasteiger partial charge in [0.25, 0.3) is 0 Å². The van der Waals surface area contributed by atoms with Crippen LogP contribution in [-0.2, 0) is 13.0 Å². The van der Waals surface area contributed by atoms with Crippen molar-refractivity contribution in [2.75, 3.05) is 12.4 Å². The summed E-state index contributed by atoms with van der Waals surface area (Å²) >= 11 is 0. The van der Waals surface area contributed by atoms with Gasteiger partial charge >= 0.3 is 0 Å². The van der Waals surface area contributed by atoms with E-state index in [0.717, 1.165) is 17.9 Å². The van der Waals surface area contributed by atoms with Crippen molar-refractivity contribution >= 4 is 5.82 Å². The first-order chi connectivity index (χ1) is 9.17. The van der Waals surface area contributed by atoms with Crippen LogP contribution in [0.3, 0.4) is 0 Å². The van der Waals surface area contributed by atoms with Gasteiger partial charge in [-0.3, -0.25) is 0 Å². The molecule has 2 aromatic heterocycles. The summed E-state index contributed by atoms with van der Waals surface area (Å²) < 4.78 is 10.3. The minimum atomic E-state index is 0.526. The molecule has 0 aliphatic carbocycles. The van der Waals surface area contributed by atoms with E-state index >= 15 is 0 Å². The third-order valence-electron chi connectivity index (χ3n) is 2.52. The summed E-state index contributed by atoms with van der Waals surface area (Å²) in [5, 5.41) is 7.16. The van der Waals surface area contributed by atoms with Crippen LogP contribution in [0.4, 0.5) is 5.82 Å². The fourth-order valence-corrected chi connectivity index (χ4v) is 1.67. The zero-order valence-corrected chi connectivity index (χ0v) is 11.4. The quantitative estimate of drug-likeness (QED) is 0.861. The van der Waals surface area contributed by atoms with Crippen LogP contribution in [0, 0.1) is 5.92 Å². The fraction of sp³-hybridized carbons (Fsp3) is 0.462. The van der Waals surface area contributed by atoms with E-state index in [1.54, 1.807) is 13.2 Å². The van der Waals surface area contributed by atoms with Gasteiger partial charge in [0.05, 0.1) is 13.7 Å². The lowest BCUT2D eigenvalue weighted by molar-refractivity contribution is 0.364. The van der Waals surface area contributed by atoms with Crippen LogP contribution in [0.15, 0.2) is 23.0 Å². The highest BCUT2D eigenvalue weighted by molar-refractivity contribution is 5.37. The second-order valence-corrected chi connectivity index (χ2v) is 4.68. The molecule has 0 atom stereocenters. The standard InChI is InChI=1S/C13H18N4O2/c1-9(2)4-11-5-10(17-19-11)7-14-12-6-13(18-3)16-8-15-12/h5-6,8-9H,4,7H2,1-3H3,(H,14,15,16). The van der Waals surface area contributed by atoms with Gasteiger partial charge in [0.2, 0.25) is 5.88 Å². The monoisotopic (exact) mass is 262 g/mol. The molecule has 0 saturated heterocycles. The topological polar surface area (TPSA) is 73.1 Å². The van der Waals surface area contributed by atoms with Crippen LogP contribution < -0.4 is 10.1 Å². The summed E-state index contributed by atoms with van der Waals surface area (Å²) in [5.41, 5.74) is 0.855. The van der Waals surface area contributed by atoms with E-state index in [1.807, 2.05) is 6.07 Å². The van der Waals surface area contributed by atoms with Crippen molar-refractivity contribution in [1.82, 2.24) is 15.1 Å². The normalized spacial score (nSPS) is 10.7. The summed E-state index contributed by atoms with van der Waals surface area (Å²) in [6.45, 7) is 4.85. The number of aromatic nitrogens is 3. The summed E-state index contributed by atoms with van der Waals surface area (Å²) in [6.07, 6.45) is 2.35. The molecule has 19 heavy (non-hydrogen) atoms. The fourth-order valence-electron chi connectivity index (χ4n) is 1.67. The lowest BCUT2D eigenvalue weighted by atomic mass is 10.1. The van der Waals surface area contributed by atoms with Gasteiger partial charge in [0, 0.05) is 18.6 Å². The Labute approximate surface area is 112 Å². The van der Waals surface area contributed by atoms with Crippen molar-refractivity contribution in [3.8, 4) is 5.88 Å². The van der Waals surface area contributed by atoms with E-state index in [1.165, 1.54) is 6.33 Å². The Bertz CT molecular complexity index is 525. The number of hydrogen-bond acceptors (Lipinski definition) is 6. The van der Waals surface area contributed by atoms with Crippen LogP contribution in [0.5, 0.6) is 5.88 Å². The SMILES string of the molecule is COc1cc(NCc2cc(CC(C)C)on2)ncn1. The molecule has 0 saturated carbocycles. The van der Waals surface area contributed by atoms with Crippen LogP contribution in [0.2, 0.25) is 0 Å². The number of hydrogen-bond donors (Lipinski definition) is 1. The molecule has 0 fully saturated rings. The molecule has 2 rings (SSSR count). The van der Waals surface area contributed by atoms with E-state index in [4.69, 9.17) is 9.26 Å². The molecule has 0 amide bonds. The zero-order valence-electron chi connectivity index (χ0n) is 11.4. The van der Waals surface area contributed by atoms with Gasteiger partial charge in [-0.05, 0) is 5.92 Å². The molecule has 2 aromatic rings. The first kappa shape index (κ1) is 13.3. The Hall–Kier alpha value is -2.11. The summed E-state index contributed by atoms with van der Waals surface area (Å²) in [4.78, 5) is 8.04. The maximum atomic E-state index is 5.26. The first-order valence-electron chi connectivity index (χ1n) is 6.21. The van der Waals surface area contributed by atoms with E-state index in [2.05, 4.69) is 34.3 Å². The predicted molar refractivity (Wildman–Crippen MR) is 71.0 cm³/mol. The van der Waals surface area contributed by atoms with Crippen molar-refractivity contribution in [3.63, 3.8) is 0 Å².